The van der Waals surface area contributed by atoms with Gasteiger partial charge in [-0.2, -0.15) is 4.98 Å². The van der Waals surface area contributed by atoms with E-state index in [-0.39, 0.29) is 6.08 Å². The van der Waals surface area contributed by atoms with Crippen LogP contribution in [0.3, 0.4) is 0 Å². The van der Waals surface area contributed by atoms with E-state index in [1.54, 1.807) is 6.26 Å². The average molecular weight is 333 g/mol. The molecule has 0 aliphatic heterocycles. The molecule has 3 aromatic rings. The molecule has 0 aliphatic carbocycles. The van der Waals surface area contributed by atoms with E-state index in [1.165, 1.54) is 0 Å². The molecule has 0 atom stereocenters. The summed E-state index contributed by atoms with van der Waals surface area (Å²) in [5.41, 5.74) is 0.812. The van der Waals surface area contributed by atoms with E-state index < -0.39 is 0 Å². The van der Waals surface area contributed by atoms with Crippen molar-refractivity contribution < 1.29 is 9.15 Å². The first-order chi connectivity index (χ1) is 9.74. The lowest BCUT2D eigenvalue weighted by molar-refractivity contribution is 0.331. The van der Waals surface area contributed by atoms with Gasteiger partial charge < -0.3 is 14.5 Å². The van der Waals surface area contributed by atoms with Gasteiger partial charge in [0.2, 0.25) is 0 Å². The number of halogens is 1. The van der Waals surface area contributed by atoms with Crippen LogP contribution in [0.25, 0.3) is 10.8 Å². The minimum atomic E-state index is 0.256. The first-order valence-electron chi connectivity index (χ1n) is 6.21. The Hall–Kier alpha value is -1.85. The fourth-order valence-electron chi connectivity index (χ4n) is 1.96. The van der Waals surface area contributed by atoms with Gasteiger partial charge in [-0.1, -0.05) is 28.1 Å². The molecule has 0 aliphatic rings. The summed E-state index contributed by atoms with van der Waals surface area (Å²) in [5.74, 6) is 0.706. The molecule has 0 fully saturated rings. The normalized spacial score (nSPS) is 10.9. The summed E-state index contributed by atoms with van der Waals surface area (Å²) < 4.78 is 12.0. The number of nitrogens with one attached hydrogen (secondary N) is 1. The summed E-state index contributed by atoms with van der Waals surface area (Å²) >= 11 is 3.46. The zero-order valence-corrected chi connectivity index (χ0v) is 12.5. The standard InChI is InChI=1S/C15H13BrN2O2/c1-17-8-13-9-19-15(18-13)20-14-5-3-10-6-12(16)4-2-11(10)7-14/h2-7,9,17H,8H2,1H3. The number of ether oxygens (including phenoxy) is 1. The lowest BCUT2D eigenvalue weighted by Crippen LogP contribution is -2.04. The molecule has 0 radical (unpaired) electrons. The largest absolute Gasteiger partial charge is 0.417 e. The van der Waals surface area contributed by atoms with Crippen LogP contribution in [0.1, 0.15) is 5.69 Å². The van der Waals surface area contributed by atoms with Crippen molar-refractivity contribution in [3.8, 4) is 11.8 Å². The quantitative estimate of drug-likeness (QED) is 0.781. The molecule has 20 heavy (non-hydrogen) atoms. The van der Waals surface area contributed by atoms with Crippen LogP contribution in [-0.4, -0.2) is 12.0 Å². The summed E-state index contributed by atoms with van der Waals surface area (Å²) in [7, 11) is 1.86. The van der Waals surface area contributed by atoms with Crippen molar-refractivity contribution in [2.24, 2.45) is 0 Å². The topological polar surface area (TPSA) is 47.3 Å². The molecule has 1 N–H and O–H groups in total. The molecule has 3 rings (SSSR count). The third-order valence-corrected chi connectivity index (χ3v) is 3.36. The number of rotatable bonds is 4. The van der Waals surface area contributed by atoms with Crippen molar-refractivity contribution in [3.05, 3.63) is 52.8 Å². The molecule has 0 unspecified atom stereocenters. The Morgan fingerprint density at radius 2 is 2.00 bits per heavy atom. The van der Waals surface area contributed by atoms with E-state index >= 15 is 0 Å². The number of aromatic nitrogens is 1. The third kappa shape index (κ3) is 2.84. The van der Waals surface area contributed by atoms with Gasteiger partial charge in [0.15, 0.2) is 0 Å². The average Bonchev–Trinajstić information content (AvgIpc) is 2.87. The lowest BCUT2D eigenvalue weighted by Gasteiger charge is -2.03. The van der Waals surface area contributed by atoms with Gasteiger partial charge in [0.25, 0.3) is 0 Å². The highest BCUT2D eigenvalue weighted by Crippen LogP contribution is 2.27. The summed E-state index contributed by atoms with van der Waals surface area (Å²) in [4.78, 5) is 4.23. The molecule has 0 spiro atoms. The Balaban J connectivity index is 1.84. The lowest BCUT2D eigenvalue weighted by atomic mass is 10.1. The van der Waals surface area contributed by atoms with E-state index in [0.29, 0.717) is 12.3 Å². The molecular weight excluding hydrogens is 320 g/mol. The molecular formula is C15H13BrN2O2. The van der Waals surface area contributed by atoms with Gasteiger partial charge in [-0.15, -0.1) is 0 Å². The van der Waals surface area contributed by atoms with E-state index in [9.17, 15) is 0 Å². The zero-order chi connectivity index (χ0) is 13.9. The first-order valence-corrected chi connectivity index (χ1v) is 7.00. The van der Waals surface area contributed by atoms with Crippen molar-refractivity contribution in [2.75, 3.05) is 7.05 Å². The maximum Gasteiger partial charge on any atom is 0.399 e. The molecule has 0 saturated heterocycles. The van der Waals surface area contributed by atoms with E-state index in [2.05, 4.69) is 32.3 Å². The predicted octanol–water partition coefficient (Wildman–Crippen LogP) is 4.10. The van der Waals surface area contributed by atoms with Crippen LogP contribution < -0.4 is 10.1 Å². The zero-order valence-electron chi connectivity index (χ0n) is 10.9. The maximum absolute atomic E-state index is 5.63. The third-order valence-electron chi connectivity index (χ3n) is 2.87. The van der Waals surface area contributed by atoms with Crippen molar-refractivity contribution in [2.45, 2.75) is 6.54 Å². The van der Waals surface area contributed by atoms with Gasteiger partial charge in [-0.25, -0.2) is 0 Å². The SMILES string of the molecule is CNCc1coc(Oc2ccc3cc(Br)ccc3c2)n1. The molecule has 0 bridgehead atoms. The minimum Gasteiger partial charge on any atom is -0.417 e. The molecule has 0 saturated carbocycles. The first kappa shape index (κ1) is 13.1. The molecule has 1 heterocycles. The minimum absolute atomic E-state index is 0.256. The number of hydrogen-bond donors (Lipinski definition) is 1. The molecule has 2 aromatic carbocycles. The number of benzene rings is 2. The number of nitrogens with zero attached hydrogens (tertiary/aromatic N) is 1. The Kier molecular flexibility index (Phi) is 3.71. The monoisotopic (exact) mass is 332 g/mol. The van der Waals surface area contributed by atoms with Gasteiger partial charge in [-0.05, 0) is 42.1 Å². The maximum atomic E-state index is 5.63. The molecule has 4 nitrogen and oxygen atoms in total. The van der Waals surface area contributed by atoms with Crippen molar-refractivity contribution in [1.29, 1.82) is 0 Å². The Labute approximate surface area is 124 Å². The molecule has 1 aromatic heterocycles. The summed E-state index contributed by atoms with van der Waals surface area (Å²) in [6.07, 6.45) is 1.84. The van der Waals surface area contributed by atoms with Crippen molar-refractivity contribution in [1.82, 2.24) is 10.3 Å². The van der Waals surface area contributed by atoms with Gasteiger partial charge >= 0.3 is 6.08 Å². The fourth-order valence-corrected chi connectivity index (χ4v) is 2.34. The van der Waals surface area contributed by atoms with Gasteiger partial charge in [0.05, 0.1) is 5.69 Å². The second kappa shape index (κ2) is 5.64. The second-order valence-corrected chi connectivity index (χ2v) is 5.31. The Morgan fingerprint density at radius 1 is 1.20 bits per heavy atom. The van der Waals surface area contributed by atoms with E-state index in [4.69, 9.17) is 9.15 Å². The van der Waals surface area contributed by atoms with Crippen LogP contribution >= 0.6 is 15.9 Å². The summed E-state index contributed by atoms with van der Waals surface area (Å²) in [5, 5.41) is 5.26. The predicted molar refractivity (Wildman–Crippen MR) is 81.0 cm³/mol. The van der Waals surface area contributed by atoms with Crippen molar-refractivity contribution in [3.63, 3.8) is 0 Å². The Morgan fingerprint density at radius 3 is 2.85 bits per heavy atom. The van der Waals surface area contributed by atoms with Crippen LogP contribution in [-0.2, 0) is 6.54 Å². The smallest absolute Gasteiger partial charge is 0.399 e. The Bertz CT molecular complexity index is 740. The highest BCUT2D eigenvalue weighted by molar-refractivity contribution is 9.10. The number of oxazole rings is 1. The van der Waals surface area contributed by atoms with E-state index in [0.717, 1.165) is 20.9 Å². The van der Waals surface area contributed by atoms with Crippen LogP contribution in [0.5, 0.6) is 11.8 Å². The van der Waals surface area contributed by atoms with Gasteiger partial charge in [-0.3, -0.25) is 0 Å². The van der Waals surface area contributed by atoms with Crippen LogP contribution in [0.4, 0.5) is 0 Å². The van der Waals surface area contributed by atoms with Gasteiger partial charge in [0, 0.05) is 11.0 Å². The summed E-state index contributed by atoms with van der Waals surface area (Å²) in [6.45, 7) is 0.651. The molecule has 102 valence electrons. The molecule has 5 heteroatoms. The number of fused-ring (bicyclic) bond motifs is 1. The van der Waals surface area contributed by atoms with Crippen LogP contribution in [0.15, 0.2) is 51.6 Å². The van der Waals surface area contributed by atoms with E-state index in [1.807, 2.05) is 37.4 Å². The van der Waals surface area contributed by atoms with Crippen LogP contribution in [0, 0.1) is 0 Å². The van der Waals surface area contributed by atoms with Gasteiger partial charge in [0.1, 0.15) is 12.0 Å². The van der Waals surface area contributed by atoms with Crippen LogP contribution in [0.2, 0.25) is 0 Å². The van der Waals surface area contributed by atoms with Crippen molar-refractivity contribution >= 4 is 26.7 Å². The number of hydrogen-bond acceptors (Lipinski definition) is 4. The second-order valence-electron chi connectivity index (χ2n) is 4.39. The fraction of sp³-hybridized carbons (Fsp3) is 0.133. The highest BCUT2D eigenvalue weighted by atomic mass is 79.9. The highest BCUT2D eigenvalue weighted by Gasteiger charge is 2.06. The molecule has 0 amide bonds. The summed E-state index contributed by atoms with van der Waals surface area (Å²) in [6, 6.07) is 12.0.